The van der Waals surface area contributed by atoms with Crippen LogP contribution in [0, 0.1) is 5.82 Å². The molecule has 0 saturated carbocycles. The maximum absolute atomic E-state index is 13.4. The van der Waals surface area contributed by atoms with Gasteiger partial charge in [-0.25, -0.2) is 14.4 Å². The van der Waals surface area contributed by atoms with Gasteiger partial charge >= 0.3 is 0 Å². The summed E-state index contributed by atoms with van der Waals surface area (Å²) in [7, 11) is 2.06. The highest BCUT2D eigenvalue weighted by molar-refractivity contribution is 7.97. The van der Waals surface area contributed by atoms with Crippen LogP contribution in [0.1, 0.15) is 36.9 Å². The molecular weight excluding hydrogens is 544 g/mol. The van der Waals surface area contributed by atoms with Gasteiger partial charge in [-0.3, -0.25) is 13.6 Å². The molecule has 7 nitrogen and oxygen atoms in total. The van der Waals surface area contributed by atoms with Crippen LogP contribution in [0.4, 0.5) is 15.3 Å². The van der Waals surface area contributed by atoms with Gasteiger partial charge < -0.3 is 9.64 Å². The van der Waals surface area contributed by atoms with E-state index in [0.29, 0.717) is 5.92 Å². The summed E-state index contributed by atoms with van der Waals surface area (Å²) in [4.78, 5) is 14.5. The number of anilines is 2. The molecule has 3 aromatic heterocycles. The molecule has 0 spiro atoms. The van der Waals surface area contributed by atoms with E-state index in [0.717, 1.165) is 91.7 Å². The van der Waals surface area contributed by atoms with E-state index in [1.54, 1.807) is 23.5 Å². The molecule has 6 rings (SSSR count). The highest BCUT2D eigenvalue weighted by Gasteiger charge is 2.24. The standard InChI is InChI=1S/C30H37FN6OS2/c1-3-26-29(34(2)30-33-27(21-39-30)23-4-7-25(31)8-5-23)37-20-24(6-9-28(37)32-26)22-10-12-36(13-11-22)40-19-16-35-14-17-38-18-15-35/h4-9,20-22H,3,10-19H2,1-2H3. The van der Waals surface area contributed by atoms with Crippen molar-refractivity contribution in [3.8, 4) is 11.3 Å². The van der Waals surface area contributed by atoms with Gasteiger partial charge in [0.15, 0.2) is 5.13 Å². The van der Waals surface area contributed by atoms with Gasteiger partial charge in [-0.1, -0.05) is 24.9 Å². The highest BCUT2D eigenvalue weighted by atomic mass is 32.2. The molecule has 2 saturated heterocycles. The van der Waals surface area contributed by atoms with Crippen LogP contribution in [0.3, 0.4) is 0 Å². The molecule has 40 heavy (non-hydrogen) atoms. The molecule has 5 heterocycles. The van der Waals surface area contributed by atoms with E-state index in [4.69, 9.17) is 14.7 Å². The average Bonchev–Trinajstić information content (AvgIpc) is 3.63. The molecule has 0 radical (unpaired) electrons. The van der Waals surface area contributed by atoms with E-state index >= 15 is 0 Å². The number of piperidine rings is 1. The topological polar surface area (TPSA) is 49.1 Å². The third-order valence-corrected chi connectivity index (χ3v) is 9.98. The summed E-state index contributed by atoms with van der Waals surface area (Å²) < 4.78 is 23.7. The Kier molecular flexibility index (Phi) is 8.69. The number of hydrogen-bond acceptors (Lipinski definition) is 8. The summed E-state index contributed by atoms with van der Waals surface area (Å²) in [6.45, 7) is 9.41. The molecule has 0 amide bonds. The fourth-order valence-electron chi connectivity index (χ4n) is 5.64. The summed E-state index contributed by atoms with van der Waals surface area (Å²) in [6, 6.07) is 11.0. The molecule has 2 aliphatic heterocycles. The van der Waals surface area contributed by atoms with Gasteiger partial charge in [-0.05, 0) is 61.1 Å². The van der Waals surface area contributed by atoms with E-state index in [2.05, 4.69) is 50.8 Å². The largest absolute Gasteiger partial charge is 0.379 e. The number of hydrogen-bond donors (Lipinski definition) is 0. The summed E-state index contributed by atoms with van der Waals surface area (Å²) in [6.07, 6.45) is 5.48. The maximum Gasteiger partial charge on any atom is 0.191 e. The van der Waals surface area contributed by atoms with Crippen molar-refractivity contribution in [2.45, 2.75) is 32.1 Å². The number of halogens is 1. The predicted octanol–water partition coefficient (Wildman–Crippen LogP) is 6.09. The van der Waals surface area contributed by atoms with Crippen molar-refractivity contribution >= 4 is 39.9 Å². The molecule has 0 bridgehead atoms. The third-order valence-electron chi connectivity index (χ3n) is 7.97. The predicted molar refractivity (Wildman–Crippen MR) is 163 cm³/mol. The Morgan fingerprint density at radius 2 is 1.82 bits per heavy atom. The van der Waals surface area contributed by atoms with E-state index in [1.165, 1.54) is 30.5 Å². The van der Waals surface area contributed by atoms with Gasteiger partial charge in [0.1, 0.15) is 17.3 Å². The number of fused-ring (bicyclic) bond motifs is 1. The zero-order chi connectivity index (χ0) is 27.5. The number of morpholine rings is 1. The molecule has 10 heteroatoms. The number of nitrogens with zero attached hydrogens (tertiary/aromatic N) is 6. The lowest BCUT2D eigenvalue weighted by Crippen LogP contribution is -2.38. The number of rotatable bonds is 9. The van der Waals surface area contributed by atoms with Crippen molar-refractivity contribution in [1.82, 2.24) is 23.6 Å². The van der Waals surface area contributed by atoms with Crippen LogP contribution >= 0.6 is 23.3 Å². The Balaban J connectivity index is 1.14. The lowest BCUT2D eigenvalue weighted by atomic mass is 9.91. The third kappa shape index (κ3) is 6.06. The van der Waals surface area contributed by atoms with Crippen LogP contribution in [0.2, 0.25) is 0 Å². The van der Waals surface area contributed by atoms with Crippen molar-refractivity contribution in [1.29, 1.82) is 0 Å². The lowest BCUT2D eigenvalue weighted by molar-refractivity contribution is 0.0409. The molecule has 1 aromatic carbocycles. The quantitative estimate of drug-likeness (QED) is 0.222. The minimum absolute atomic E-state index is 0.237. The summed E-state index contributed by atoms with van der Waals surface area (Å²) in [5.74, 6) is 2.53. The van der Waals surface area contributed by atoms with Crippen LogP contribution in [0.25, 0.3) is 16.9 Å². The van der Waals surface area contributed by atoms with E-state index in [1.807, 2.05) is 17.3 Å². The van der Waals surface area contributed by atoms with Crippen molar-refractivity contribution in [2.75, 3.05) is 63.6 Å². The maximum atomic E-state index is 13.4. The molecule has 0 atom stereocenters. The van der Waals surface area contributed by atoms with Gasteiger partial charge in [0.2, 0.25) is 0 Å². The SMILES string of the molecule is CCc1nc2ccc(C3CCN(SCCN4CCOCC4)CC3)cn2c1N(C)c1nc(-c2ccc(F)cc2)cs1. The van der Waals surface area contributed by atoms with Crippen molar-refractivity contribution in [2.24, 2.45) is 0 Å². The zero-order valence-electron chi connectivity index (χ0n) is 23.3. The number of thiazole rings is 1. The van der Waals surface area contributed by atoms with Gasteiger partial charge in [0, 0.05) is 62.7 Å². The van der Waals surface area contributed by atoms with E-state index in [-0.39, 0.29) is 5.82 Å². The Bertz CT molecular complexity index is 1410. The summed E-state index contributed by atoms with van der Waals surface area (Å²) in [5.41, 5.74) is 5.18. The fourth-order valence-corrected chi connectivity index (χ4v) is 7.50. The van der Waals surface area contributed by atoms with Crippen LogP contribution in [-0.2, 0) is 11.2 Å². The first-order chi connectivity index (χ1) is 19.6. The number of aromatic nitrogens is 3. The molecular formula is C30H37FN6OS2. The van der Waals surface area contributed by atoms with Gasteiger partial charge in [-0.2, -0.15) is 0 Å². The molecule has 4 aromatic rings. The van der Waals surface area contributed by atoms with Crippen LogP contribution in [0.5, 0.6) is 0 Å². The second-order valence-electron chi connectivity index (χ2n) is 10.5. The molecule has 2 aliphatic rings. The first-order valence-electron chi connectivity index (χ1n) is 14.2. The van der Waals surface area contributed by atoms with Crippen LogP contribution in [-0.4, -0.2) is 82.3 Å². The molecule has 0 N–H and O–H groups in total. The van der Waals surface area contributed by atoms with E-state index in [9.17, 15) is 4.39 Å². The second-order valence-corrected chi connectivity index (χ2v) is 12.5. The molecule has 0 aliphatic carbocycles. The Hall–Kier alpha value is -2.50. The minimum atomic E-state index is -0.237. The fraction of sp³-hybridized carbons (Fsp3) is 0.467. The van der Waals surface area contributed by atoms with Crippen LogP contribution in [0.15, 0.2) is 48.0 Å². The molecule has 2 fully saturated rings. The Morgan fingerprint density at radius 3 is 2.58 bits per heavy atom. The lowest BCUT2D eigenvalue weighted by Gasteiger charge is -2.32. The second kappa shape index (κ2) is 12.6. The number of aryl methyl sites for hydroxylation is 1. The van der Waals surface area contributed by atoms with E-state index < -0.39 is 0 Å². The number of imidazole rings is 1. The van der Waals surface area contributed by atoms with Gasteiger partial charge in [-0.15, -0.1) is 11.3 Å². The van der Waals surface area contributed by atoms with Crippen molar-refractivity contribution in [3.05, 3.63) is 65.0 Å². The molecule has 212 valence electrons. The first-order valence-corrected chi connectivity index (χ1v) is 16.1. The Labute approximate surface area is 244 Å². The first kappa shape index (κ1) is 27.7. The van der Waals surface area contributed by atoms with Crippen LogP contribution < -0.4 is 4.90 Å². The summed E-state index contributed by atoms with van der Waals surface area (Å²) in [5, 5.41) is 2.93. The minimum Gasteiger partial charge on any atom is -0.379 e. The number of benzene rings is 1. The normalized spacial score (nSPS) is 17.6. The van der Waals surface area contributed by atoms with Gasteiger partial charge in [0.25, 0.3) is 0 Å². The summed E-state index contributed by atoms with van der Waals surface area (Å²) >= 11 is 3.60. The van der Waals surface area contributed by atoms with Gasteiger partial charge in [0.05, 0.1) is 24.6 Å². The molecule has 0 unspecified atom stereocenters. The number of ether oxygens (including phenoxy) is 1. The monoisotopic (exact) mass is 580 g/mol. The zero-order valence-corrected chi connectivity index (χ0v) is 24.9. The Morgan fingerprint density at radius 1 is 1.05 bits per heavy atom. The van der Waals surface area contributed by atoms with Crippen molar-refractivity contribution < 1.29 is 9.13 Å². The average molecular weight is 581 g/mol. The van der Waals surface area contributed by atoms with Crippen molar-refractivity contribution in [3.63, 3.8) is 0 Å². The highest BCUT2D eigenvalue weighted by Crippen LogP contribution is 2.36. The number of pyridine rings is 1. The smallest absolute Gasteiger partial charge is 0.191 e.